The molecule has 1 aromatic carbocycles. The highest BCUT2D eigenvalue weighted by molar-refractivity contribution is 5.58. The van der Waals surface area contributed by atoms with Crippen LogP contribution < -0.4 is 5.32 Å². The van der Waals surface area contributed by atoms with Gasteiger partial charge in [0.15, 0.2) is 0 Å². The van der Waals surface area contributed by atoms with Crippen molar-refractivity contribution >= 4 is 6.08 Å². The van der Waals surface area contributed by atoms with E-state index in [1.807, 2.05) is 32.2 Å². The number of hydrogen-bond donors (Lipinski definition) is 2. The Hall–Kier alpha value is -1.56. The van der Waals surface area contributed by atoms with Gasteiger partial charge in [-0.2, -0.15) is 0 Å². The molecule has 0 bridgehead atoms. The van der Waals surface area contributed by atoms with Gasteiger partial charge in [-0.1, -0.05) is 43.0 Å². The van der Waals surface area contributed by atoms with Gasteiger partial charge in [0.05, 0.1) is 6.54 Å². The second kappa shape index (κ2) is 7.71. The molecule has 2 heteroatoms. The van der Waals surface area contributed by atoms with Crippen molar-refractivity contribution in [3.63, 3.8) is 0 Å². The van der Waals surface area contributed by atoms with Crippen LogP contribution in [-0.2, 0) is 0 Å². The fraction of sp³-hybridized carbons (Fsp3) is 0.375. The zero-order valence-electron chi connectivity index (χ0n) is 11.3. The Balaban J connectivity index is 2.92. The van der Waals surface area contributed by atoms with Crippen LogP contribution in [0.1, 0.15) is 23.6 Å². The second-order valence-electron chi connectivity index (χ2n) is 4.37. The first-order valence-corrected chi connectivity index (χ1v) is 6.21. The van der Waals surface area contributed by atoms with Gasteiger partial charge in [0.2, 0.25) is 0 Å². The molecule has 0 radical (unpaired) electrons. The van der Waals surface area contributed by atoms with Crippen molar-refractivity contribution in [1.29, 1.82) is 0 Å². The SMILES string of the molecule is CNCC#Cc1cccc(/C=C\C(C)CO)c1C. The van der Waals surface area contributed by atoms with E-state index in [1.54, 1.807) is 0 Å². The second-order valence-corrected chi connectivity index (χ2v) is 4.37. The normalized spacial score (nSPS) is 12.2. The maximum Gasteiger partial charge on any atom is 0.0577 e. The van der Waals surface area contributed by atoms with Crippen molar-refractivity contribution in [1.82, 2.24) is 5.32 Å². The third-order valence-corrected chi connectivity index (χ3v) is 2.76. The Bertz CT molecular complexity index is 466. The van der Waals surface area contributed by atoms with E-state index in [4.69, 9.17) is 5.11 Å². The predicted molar refractivity (Wildman–Crippen MR) is 77.3 cm³/mol. The predicted octanol–water partition coefficient (Wildman–Crippen LogP) is 2.21. The van der Waals surface area contributed by atoms with Gasteiger partial charge < -0.3 is 10.4 Å². The molecular formula is C16H21NO. The van der Waals surface area contributed by atoms with Crippen molar-refractivity contribution in [3.8, 4) is 11.8 Å². The molecule has 1 aromatic rings. The van der Waals surface area contributed by atoms with Crippen molar-refractivity contribution in [3.05, 3.63) is 41.0 Å². The molecule has 2 N–H and O–H groups in total. The summed E-state index contributed by atoms with van der Waals surface area (Å²) in [7, 11) is 1.89. The molecule has 0 aliphatic carbocycles. The van der Waals surface area contributed by atoms with Gasteiger partial charge in [0.25, 0.3) is 0 Å². The van der Waals surface area contributed by atoms with Gasteiger partial charge in [-0.3, -0.25) is 0 Å². The Morgan fingerprint density at radius 1 is 1.44 bits per heavy atom. The monoisotopic (exact) mass is 243 g/mol. The topological polar surface area (TPSA) is 32.3 Å². The highest BCUT2D eigenvalue weighted by Crippen LogP contribution is 2.15. The quantitative estimate of drug-likeness (QED) is 0.795. The third kappa shape index (κ3) is 4.37. The molecule has 96 valence electrons. The first-order valence-electron chi connectivity index (χ1n) is 6.21. The molecule has 1 atom stereocenters. The molecule has 0 saturated carbocycles. The highest BCUT2D eigenvalue weighted by Gasteiger charge is 1.99. The van der Waals surface area contributed by atoms with Crippen molar-refractivity contribution in [2.45, 2.75) is 13.8 Å². The molecular weight excluding hydrogens is 222 g/mol. The van der Waals surface area contributed by atoms with Gasteiger partial charge in [0, 0.05) is 12.2 Å². The van der Waals surface area contributed by atoms with Crippen LogP contribution in [0, 0.1) is 24.7 Å². The lowest BCUT2D eigenvalue weighted by atomic mass is 10.0. The number of benzene rings is 1. The number of rotatable bonds is 4. The van der Waals surface area contributed by atoms with E-state index < -0.39 is 0 Å². The molecule has 0 aliphatic rings. The van der Waals surface area contributed by atoms with Crippen LogP contribution in [0.15, 0.2) is 24.3 Å². The molecule has 0 aromatic heterocycles. The van der Waals surface area contributed by atoms with Gasteiger partial charge in [-0.25, -0.2) is 0 Å². The van der Waals surface area contributed by atoms with Crippen LogP contribution in [0.3, 0.4) is 0 Å². The molecule has 0 aliphatic heterocycles. The lowest BCUT2D eigenvalue weighted by Gasteiger charge is -2.04. The summed E-state index contributed by atoms with van der Waals surface area (Å²) in [4.78, 5) is 0. The van der Waals surface area contributed by atoms with Gasteiger partial charge in [-0.15, -0.1) is 0 Å². The minimum Gasteiger partial charge on any atom is -0.396 e. The zero-order valence-corrected chi connectivity index (χ0v) is 11.3. The summed E-state index contributed by atoms with van der Waals surface area (Å²) in [6, 6.07) is 6.11. The summed E-state index contributed by atoms with van der Waals surface area (Å²) < 4.78 is 0. The van der Waals surface area contributed by atoms with E-state index in [-0.39, 0.29) is 12.5 Å². The largest absolute Gasteiger partial charge is 0.396 e. The van der Waals surface area contributed by atoms with Crippen molar-refractivity contribution < 1.29 is 5.11 Å². The van der Waals surface area contributed by atoms with E-state index in [1.165, 1.54) is 5.56 Å². The first-order chi connectivity index (χ1) is 8.69. The van der Waals surface area contributed by atoms with Crippen molar-refractivity contribution in [2.24, 2.45) is 5.92 Å². The fourth-order valence-electron chi connectivity index (χ4n) is 1.53. The molecule has 1 rings (SSSR count). The molecule has 2 nitrogen and oxygen atoms in total. The third-order valence-electron chi connectivity index (χ3n) is 2.76. The average molecular weight is 243 g/mol. The van der Waals surface area contributed by atoms with Gasteiger partial charge >= 0.3 is 0 Å². The minimum absolute atomic E-state index is 0.178. The molecule has 0 spiro atoms. The average Bonchev–Trinajstić information content (AvgIpc) is 2.39. The standard InChI is InChI=1S/C16H21NO/c1-13(12-18)9-10-16-7-4-6-15(14(16)2)8-5-11-17-3/h4,6-7,9-10,13,17-18H,11-12H2,1-3H3/b10-9-. The highest BCUT2D eigenvalue weighted by atomic mass is 16.3. The zero-order chi connectivity index (χ0) is 13.4. The van der Waals surface area contributed by atoms with E-state index >= 15 is 0 Å². The Labute approximate surface area is 110 Å². The summed E-state index contributed by atoms with van der Waals surface area (Å²) in [5.74, 6) is 6.41. The number of aliphatic hydroxyl groups excluding tert-OH is 1. The lowest BCUT2D eigenvalue weighted by molar-refractivity contribution is 0.262. The van der Waals surface area contributed by atoms with Crippen LogP contribution in [0.25, 0.3) is 6.08 Å². The van der Waals surface area contributed by atoms with E-state index in [0.717, 1.165) is 11.1 Å². The molecule has 18 heavy (non-hydrogen) atoms. The Kier molecular flexibility index (Phi) is 6.21. The number of hydrogen-bond acceptors (Lipinski definition) is 2. The van der Waals surface area contributed by atoms with Crippen LogP contribution in [0.2, 0.25) is 0 Å². The number of aliphatic hydroxyl groups is 1. The summed E-state index contributed by atoms with van der Waals surface area (Å²) in [6.45, 7) is 4.94. The summed E-state index contributed by atoms with van der Waals surface area (Å²) >= 11 is 0. The van der Waals surface area contributed by atoms with Crippen molar-refractivity contribution in [2.75, 3.05) is 20.2 Å². The van der Waals surface area contributed by atoms with Gasteiger partial charge in [0.1, 0.15) is 0 Å². The van der Waals surface area contributed by atoms with Gasteiger partial charge in [-0.05, 0) is 37.1 Å². The van der Waals surface area contributed by atoms with E-state index in [2.05, 4.69) is 36.2 Å². The van der Waals surface area contributed by atoms with E-state index in [9.17, 15) is 0 Å². The van der Waals surface area contributed by atoms with Crippen LogP contribution >= 0.6 is 0 Å². The summed E-state index contributed by atoms with van der Waals surface area (Å²) in [5, 5.41) is 12.0. The Morgan fingerprint density at radius 3 is 2.89 bits per heavy atom. The smallest absolute Gasteiger partial charge is 0.0577 e. The summed E-state index contributed by atoms with van der Waals surface area (Å²) in [5.41, 5.74) is 3.40. The van der Waals surface area contributed by atoms with Crippen LogP contribution in [-0.4, -0.2) is 25.3 Å². The Morgan fingerprint density at radius 2 is 2.22 bits per heavy atom. The molecule has 0 fully saturated rings. The fourth-order valence-corrected chi connectivity index (χ4v) is 1.53. The van der Waals surface area contributed by atoms with Crippen LogP contribution in [0.5, 0.6) is 0 Å². The molecule has 1 unspecified atom stereocenters. The maximum atomic E-state index is 9.00. The van der Waals surface area contributed by atoms with Crippen LogP contribution in [0.4, 0.5) is 0 Å². The van der Waals surface area contributed by atoms with E-state index in [0.29, 0.717) is 6.54 Å². The lowest BCUT2D eigenvalue weighted by Crippen LogP contribution is -2.04. The summed E-state index contributed by atoms with van der Waals surface area (Å²) in [6.07, 6.45) is 4.08. The first kappa shape index (κ1) is 14.5. The molecule has 0 heterocycles. The number of nitrogens with one attached hydrogen (secondary N) is 1. The molecule has 0 saturated heterocycles. The molecule has 0 amide bonds. The maximum absolute atomic E-state index is 9.00. The minimum atomic E-state index is 0.178.